The predicted molar refractivity (Wildman–Crippen MR) is 71.6 cm³/mol. The lowest BCUT2D eigenvalue weighted by Gasteiger charge is -2.15. The van der Waals surface area contributed by atoms with E-state index in [1.807, 2.05) is 0 Å². The third-order valence-electron chi connectivity index (χ3n) is 2.56. The fourth-order valence-electron chi connectivity index (χ4n) is 1.40. The second-order valence-electron chi connectivity index (χ2n) is 4.13. The van der Waals surface area contributed by atoms with E-state index < -0.39 is 17.6 Å². The topological polar surface area (TPSA) is 57.6 Å². The fourth-order valence-corrected chi connectivity index (χ4v) is 2.27. The van der Waals surface area contributed by atoms with Crippen LogP contribution in [0.4, 0.5) is 8.78 Å². The summed E-state index contributed by atoms with van der Waals surface area (Å²) in [7, 11) is 1.54. The Morgan fingerprint density at radius 2 is 1.95 bits per heavy atom. The zero-order valence-electron chi connectivity index (χ0n) is 10.9. The first-order chi connectivity index (χ1) is 9.40. The molecule has 0 fully saturated rings. The van der Waals surface area contributed by atoms with Crippen molar-refractivity contribution < 1.29 is 23.5 Å². The van der Waals surface area contributed by atoms with Crippen LogP contribution in [0.1, 0.15) is 12.8 Å². The first-order valence-electron chi connectivity index (χ1n) is 5.93. The Hall–Kier alpha value is -1.63. The molecule has 1 amide bonds. The SMILES string of the molecule is CN(CCC(=O)O)C(=O)CCSc1ccc(F)c(F)c1. The molecule has 0 spiro atoms. The Kier molecular flexibility index (Phi) is 6.44. The number of halogens is 2. The van der Waals surface area contributed by atoms with E-state index in [2.05, 4.69) is 0 Å². The number of aliphatic carboxylic acids is 1. The minimum absolute atomic E-state index is 0.0987. The molecule has 0 aliphatic rings. The maximum absolute atomic E-state index is 13.0. The Labute approximate surface area is 119 Å². The highest BCUT2D eigenvalue weighted by molar-refractivity contribution is 7.99. The third kappa shape index (κ3) is 5.56. The van der Waals surface area contributed by atoms with E-state index in [0.717, 1.165) is 12.1 Å². The summed E-state index contributed by atoms with van der Waals surface area (Å²) in [6.07, 6.45) is 0.109. The molecule has 0 unspecified atom stereocenters. The van der Waals surface area contributed by atoms with Crippen molar-refractivity contribution in [2.75, 3.05) is 19.3 Å². The number of carbonyl (C=O) groups is 2. The molecule has 0 bridgehead atoms. The fraction of sp³-hybridized carbons (Fsp3) is 0.385. The molecule has 1 N–H and O–H groups in total. The lowest BCUT2D eigenvalue weighted by Crippen LogP contribution is -2.29. The zero-order chi connectivity index (χ0) is 15.1. The number of thioether (sulfide) groups is 1. The number of benzene rings is 1. The summed E-state index contributed by atoms with van der Waals surface area (Å²) in [4.78, 5) is 23.9. The van der Waals surface area contributed by atoms with Crippen LogP contribution < -0.4 is 0 Å². The van der Waals surface area contributed by atoms with Crippen LogP contribution in [0.2, 0.25) is 0 Å². The number of amides is 1. The summed E-state index contributed by atoms with van der Waals surface area (Å²) in [5.41, 5.74) is 0. The van der Waals surface area contributed by atoms with E-state index in [-0.39, 0.29) is 25.3 Å². The highest BCUT2D eigenvalue weighted by atomic mass is 32.2. The summed E-state index contributed by atoms with van der Waals surface area (Å²) in [6, 6.07) is 3.57. The van der Waals surface area contributed by atoms with Crippen LogP contribution >= 0.6 is 11.8 Å². The first-order valence-corrected chi connectivity index (χ1v) is 6.92. The average molecular weight is 303 g/mol. The van der Waals surface area contributed by atoms with E-state index in [9.17, 15) is 18.4 Å². The standard InChI is InChI=1S/C13H15F2NO3S/c1-16(6-4-13(18)19)12(17)5-7-20-9-2-3-10(14)11(15)8-9/h2-3,8H,4-7H2,1H3,(H,18,19). The molecule has 0 atom stereocenters. The number of carbonyl (C=O) groups excluding carboxylic acids is 1. The van der Waals surface area contributed by atoms with Crippen molar-refractivity contribution in [3.63, 3.8) is 0 Å². The van der Waals surface area contributed by atoms with Crippen molar-refractivity contribution in [3.8, 4) is 0 Å². The molecule has 20 heavy (non-hydrogen) atoms. The van der Waals surface area contributed by atoms with Crippen molar-refractivity contribution in [1.82, 2.24) is 4.90 Å². The number of nitrogens with zero attached hydrogens (tertiary/aromatic N) is 1. The molecular weight excluding hydrogens is 288 g/mol. The van der Waals surface area contributed by atoms with E-state index >= 15 is 0 Å². The Morgan fingerprint density at radius 3 is 2.55 bits per heavy atom. The molecular formula is C13H15F2NO3S. The van der Waals surface area contributed by atoms with Gasteiger partial charge in [-0.3, -0.25) is 9.59 Å². The van der Waals surface area contributed by atoms with Gasteiger partial charge in [0.25, 0.3) is 0 Å². The number of hydrogen-bond acceptors (Lipinski definition) is 3. The molecule has 0 aromatic heterocycles. The van der Waals surface area contributed by atoms with E-state index in [0.29, 0.717) is 10.6 Å². The molecule has 0 radical (unpaired) electrons. The van der Waals surface area contributed by atoms with Gasteiger partial charge in [-0.2, -0.15) is 0 Å². The van der Waals surface area contributed by atoms with Gasteiger partial charge in [0.15, 0.2) is 11.6 Å². The van der Waals surface area contributed by atoms with Crippen molar-refractivity contribution in [2.24, 2.45) is 0 Å². The van der Waals surface area contributed by atoms with Crippen molar-refractivity contribution in [1.29, 1.82) is 0 Å². The summed E-state index contributed by atoms with van der Waals surface area (Å²) < 4.78 is 25.7. The van der Waals surface area contributed by atoms with Gasteiger partial charge in [-0.25, -0.2) is 8.78 Å². The second kappa shape index (κ2) is 7.84. The molecule has 0 saturated heterocycles. The first kappa shape index (κ1) is 16.4. The Balaban J connectivity index is 2.34. The summed E-state index contributed by atoms with van der Waals surface area (Å²) >= 11 is 1.24. The van der Waals surface area contributed by atoms with Crippen LogP contribution in [-0.2, 0) is 9.59 Å². The van der Waals surface area contributed by atoms with Gasteiger partial charge in [-0.05, 0) is 18.2 Å². The summed E-state index contributed by atoms with van der Waals surface area (Å²) in [6.45, 7) is 0.157. The minimum atomic E-state index is -0.958. The smallest absolute Gasteiger partial charge is 0.305 e. The normalized spacial score (nSPS) is 10.3. The van der Waals surface area contributed by atoms with Gasteiger partial charge in [-0.15, -0.1) is 11.8 Å². The van der Waals surface area contributed by atoms with Crippen LogP contribution in [0.25, 0.3) is 0 Å². The van der Waals surface area contributed by atoms with Crippen molar-refractivity contribution in [2.45, 2.75) is 17.7 Å². The summed E-state index contributed by atoms with van der Waals surface area (Å²) in [5, 5.41) is 8.51. The zero-order valence-corrected chi connectivity index (χ0v) is 11.8. The average Bonchev–Trinajstić information content (AvgIpc) is 2.39. The quantitative estimate of drug-likeness (QED) is 0.786. The maximum Gasteiger partial charge on any atom is 0.305 e. The molecule has 1 aromatic carbocycles. The van der Waals surface area contributed by atoms with Gasteiger partial charge in [0.05, 0.1) is 6.42 Å². The van der Waals surface area contributed by atoms with Gasteiger partial charge in [0.2, 0.25) is 5.91 Å². The third-order valence-corrected chi connectivity index (χ3v) is 3.56. The van der Waals surface area contributed by atoms with Gasteiger partial charge in [0.1, 0.15) is 0 Å². The van der Waals surface area contributed by atoms with E-state index in [1.165, 1.54) is 29.8 Å². The number of carboxylic acids is 1. The van der Waals surface area contributed by atoms with Crippen molar-refractivity contribution >= 4 is 23.6 Å². The summed E-state index contributed by atoms with van der Waals surface area (Å²) in [5.74, 6) is -2.54. The van der Waals surface area contributed by atoms with Crippen LogP contribution in [-0.4, -0.2) is 41.2 Å². The van der Waals surface area contributed by atoms with Gasteiger partial charge < -0.3 is 10.0 Å². The van der Waals surface area contributed by atoms with Gasteiger partial charge in [-0.1, -0.05) is 0 Å². The van der Waals surface area contributed by atoms with Gasteiger partial charge in [0, 0.05) is 30.7 Å². The highest BCUT2D eigenvalue weighted by Gasteiger charge is 2.10. The molecule has 7 heteroatoms. The lowest BCUT2D eigenvalue weighted by molar-refractivity contribution is -0.138. The molecule has 0 aliphatic heterocycles. The maximum atomic E-state index is 13.0. The lowest BCUT2D eigenvalue weighted by atomic mass is 10.3. The van der Waals surface area contributed by atoms with Crippen molar-refractivity contribution in [3.05, 3.63) is 29.8 Å². The monoisotopic (exact) mass is 303 g/mol. The van der Waals surface area contributed by atoms with Crippen LogP contribution in [0.3, 0.4) is 0 Å². The number of rotatable bonds is 7. The molecule has 0 heterocycles. The van der Waals surface area contributed by atoms with Crippen LogP contribution in [0.15, 0.2) is 23.1 Å². The van der Waals surface area contributed by atoms with E-state index in [1.54, 1.807) is 0 Å². The molecule has 0 aliphatic carbocycles. The Bertz CT molecular complexity index is 497. The number of carboxylic acid groups (broad SMARTS) is 1. The molecule has 0 saturated carbocycles. The molecule has 1 aromatic rings. The van der Waals surface area contributed by atoms with E-state index in [4.69, 9.17) is 5.11 Å². The molecule has 4 nitrogen and oxygen atoms in total. The molecule has 110 valence electrons. The minimum Gasteiger partial charge on any atom is -0.481 e. The Morgan fingerprint density at radius 1 is 1.25 bits per heavy atom. The highest BCUT2D eigenvalue weighted by Crippen LogP contribution is 2.21. The van der Waals surface area contributed by atoms with Crippen LogP contribution in [0, 0.1) is 11.6 Å². The predicted octanol–water partition coefficient (Wildman–Crippen LogP) is 2.38. The second-order valence-corrected chi connectivity index (χ2v) is 5.30. The van der Waals surface area contributed by atoms with Gasteiger partial charge >= 0.3 is 5.97 Å². The molecule has 1 rings (SSSR count). The largest absolute Gasteiger partial charge is 0.481 e. The van der Waals surface area contributed by atoms with Crippen LogP contribution in [0.5, 0.6) is 0 Å². The number of hydrogen-bond donors (Lipinski definition) is 1.